The molecule has 2 aromatic rings. The van der Waals surface area contributed by atoms with Crippen molar-refractivity contribution in [1.29, 1.82) is 0 Å². The summed E-state index contributed by atoms with van der Waals surface area (Å²) in [5, 5.41) is 0.725. The molecule has 4 heteroatoms. The summed E-state index contributed by atoms with van der Waals surface area (Å²) in [6.45, 7) is 2.02. The van der Waals surface area contributed by atoms with Crippen molar-refractivity contribution in [1.82, 2.24) is 5.43 Å². The van der Waals surface area contributed by atoms with Crippen molar-refractivity contribution in [2.24, 2.45) is 5.84 Å². The first-order chi connectivity index (χ1) is 9.15. The smallest absolute Gasteiger partial charge is 0.119 e. The van der Waals surface area contributed by atoms with Crippen LogP contribution in [0.15, 0.2) is 42.5 Å². The fourth-order valence-corrected chi connectivity index (χ4v) is 2.38. The topological polar surface area (TPSA) is 47.3 Å². The van der Waals surface area contributed by atoms with E-state index in [2.05, 4.69) is 5.43 Å². The highest BCUT2D eigenvalue weighted by Crippen LogP contribution is 2.28. The Hall–Kier alpha value is -1.55. The number of methoxy groups -OCH3 is 1. The Morgan fingerprint density at radius 3 is 2.63 bits per heavy atom. The maximum absolute atomic E-state index is 5.99. The number of ether oxygens (including phenoxy) is 1. The molecule has 0 aliphatic carbocycles. The van der Waals surface area contributed by atoms with Gasteiger partial charge in [0.25, 0.3) is 0 Å². The van der Waals surface area contributed by atoms with Gasteiger partial charge in [-0.15, -0.1) is 0 Å². The zero-order chi connectivity index (χ0) is 13.8. The molecular formula is C15H17ClN2O. The van der Waals surface area contributed by atoms with E-state index < -0.39 is 0 Å². The van der Waals surface area contributed by atoms with Crippen LogP contribution < -0.4 is 16.0 Å². The van der Waals surface area contributed by atoms with Gasteiger partial charge in [0.05, 0.1) is 13.2 Å². The van der Waals surface area contributed by atoms with E-state index in [1.54, 1.807) is 7.11 Å². The molecule has 100 valence electrons. The summed E-state index contributed by atoms with van der Waals surface area (Å²) in [6, 6.07) is 13.5. The average Bonchev–Trinajstić information content (AvgIpc) is 2.42. The molecule has 0 aliphatic rings. The second-order valence-electron chi connectivity index (χ2n) is 4.38. The molecule has 19 heavy (non-hydrogen) atoms. The second-order valence-corrected chi connectivity index (χ2v) is 4.81. The summed E-state index contributed by atoms with van der Waals surface area (Å²) in [6.07, 6.45) is 0. The molecule has 2 aromatic carbocycles. The molecule has 0 spiro atoms. The van der Waals surface area contributed by atoms with Gasteiger partial charge in [-0.3, -0.25) is 5.84 Å². The van der Waals surface area contributed by atoms with Crippen molar-refractivity contribution in [3.63, 3.8) is 0 Å². The number of hydrogen-bond acceptors (Lipinski definition) is 3. The number of halogens is 1. The molecule has 0 aromatic heterocycles. The molecule has 0 amide bonds. The lowest BCUT2D eigenvalue weighted by atomic mass is 9.95. The molecule has 0 fully saturated rings. The largest absolute Gasteiger partial charge is 0.497 e. The van der Waals surface area contributed by atoms with Crippen LogP contribution in [0.3, 0.4) is 0 Å². The number of nitrogens with two attached hydrogens (primary N) is 1. The van der Waals surface area contributed by atoms with E-state index in [0.717, 1.165) is 27.5 Å². The van der Waals surface area contributed by atoms with Crippen LogP contribution in [0.4, 0.5) is 0 Å². The van der Waals surface area contributed by atoms with E-state index in [0.29, 0.717) is 0 Å². The molecule has 3 N–H and O–H groups in total. The molecule has 0 saturated heterocycles. The van der Waals surface area contributed by atoms with E-state index in [9.17, 15) is 0 Å². The Balaban J connectivity index is 2.43. The highest BCUT2D eigenvalue weighted by atomic mass is 35.5. The van der Waals surface area contributed by atoms with Crippen LogP contribution in [-0.4, -0.2) is 7.11 Å². The van der Waals surface area contributed by atoms with E-state index in [4.69, 9.17) is 22.2 Å². The minimum atomic E-state index is -0.0904. The lowest BCUT2D eigenvalue weighted by molar-refractivity contribution is 0.413. The summed E-state index contributed by atoms with van der Waals surface area (Å²) in [7, 11) is 1.65. The van der Waals surface area contributed by atoms with Crippen molar-refractivity contribution in [3.05, 3.63) is 64.2 Å². The Labute approximate surface area is 118 Å². The number of nitrogens with one attached hydrogen (secondary N) is 1. The molecule has 1 unspecified atom stereocenters. The predicted octanol–water partition coefficient (Wildman–Crippen LogP) is 3.21. The van der Waals surface area contributed by atoms with E-state index in [-0.39, 0.29) is 6.04 Å². The van der Waals surface area contributed by atoms with Gasteiger partial charge in [-0.05, 0) is 47.9 Å². The SMILES string of the molecule is COc1cccc(C(NN)c2ccc(Cl)cc2C)c1. The zero-order valence-electron chi connectivity index (χ0n) is 11.0. The first-order valence-corrected chi connectivity index (χ1v) is 6.39. The molecule has 0 heterocycles. The van der Waals surface area contributed by atoms with Crippen LogP contribution in [0.25, 0.3) is 0 Å². The first kappa shape index (κ1) is 13.9. The minimum absolute atomic E-state index is 0.0904. The highest BCUT2D eigenvalue weighted by Gasteiger charge is 2.15. The third-order valence-electron chi connectivity index (χ3n) is 3.14. The Morgan fingerprint density at radius 1 is 1.21 bits per heavy atom. The average molecular weight is 277 g/mol. The fraction of sp³-hybridized carbons (Fsp3) is 0.200. The molecule has 3 nitrogen and oxygen atoms in total. The number of hydrazine groups is 1. The Morgan fingerprint density at radius 2 is 2.00 bits per heavy atom. The Bertz CT molecular complexity index is 572. The van der Waals surface area contributed by atoms with Crippen molar-refractivity contribution in [2.45, 2.75) is 13.0 Å². The molecule has 0 aliphatic heterocycles. The van der Waals surface area contributed by atoms with Gasteiger partial charge >= 0.3 is 0 Å². The molecule has 1 atom stereocenters. The second kappa shape index (κ2) is 6.06. The van der Waals surface area contributed by atoms with Gasteiger partial charge in [-0.1, -0.05) is 29.8 Å². The van der Waals surface area contributed by atoms with Gasteiger partial charge < -0.3 is 4.74 Å². The monoisotopic (exact) mass is 276 g/mol. The maximum atomic E-state index is 5.99. The van der Waals surface area contributed by atoms with Gasteiger partial charge in [0.1, 0.15) is 5.75 Å². The van der Waals surface area contributed by atoms with E-state index >= 15 is 0 Å². The lowest BCUT2D eigenvalue weighted by Crippen LogP contribution is -2.29. The number of benzene rings is 2. The van der Waals surface area contributed by atoms with E-state index in [1.165, 1.54) is 0 Å². The summed E-state index contributed by atoms with van der Waals surface area (Å²) in [4.78, 5) is 0. The standard InChI is InChI=1S/C15H17ClN2O/c1-10-8-12(16)6-7-14(10)15(18-17)11-4-3-5-13(9-11)19-2/h3-9,15,18H,17H2,1-2H3. The van der Waals surface area contributed by atoms with Gasteiger partial charge in [0.2, 0.25) is 0 Å². The normalized spacial score (nSPS) is 12.2. The van der Waals surface area contributed by atoms with E-state index in [1.807, 2.05) is 49.4 Å². The van der Waals surface area contributed by atoms with Gasteiger partial charge in [-0.2, -0.15) is 0 Å². The summed E-state index contributed by atoms with van der Waals surface area (Å²) >= 11 is 5.99. The molecule has 2 rings (SSSR count). The quantitative estimate of drug-likeness (QED) is 0.666. The number of aryl methyl sites for hydroxylation is 1. The zero-order valence-corrected chi connectivity index (χ0v) is 11.7. The fourth-order valence-electron chi connectivity index (χ4n) is 2.15. The third-order valence-corrected chi connectivity index (χ3v) is 3.37. The third kappa shape index (κ3) is 3.07. The first-order valence-electron chi connectivity index (χ1n) is 6.02. The van der Waals surface area contributed by atoms with Crippen molar-refractivity contribution in [3.8, 4) is 5.75 Å². The van der Waals surface area contributed by atoms with Crippen LogP contribution in [0, 0.1) is 6.92 Å². The van der Waals surface area contributed by atoms with Gasteiger partial charge in [-0.25, -0.2) is 5.43 Å². The molecule has 0 saturated carbocycles. The van der Waals surface area contributed by atoms with Crippen LogP contribution in [0.2, 0.25) is 5.02 Å². The van der Waals surface area contributed by atoms with Crippen molar-refractivity contribution >= 4 is 11.6 Å². The minimum Gasteiger partial charge on any atom is -0.497 e. The summed E-state index contributed by atoms with van der Waals surface area (Å²) in [5.74, 6) is 6.52. The Kier molecular flexibility index (Phi) is 4.43. The summed E-state index contributed by atoms with van der Waals surface area (Å²) in [5.41, 5.74) is 6.09. The van der Waals surface area contributed by atoms with Gasteiger partial charge in [0, 0.05) is 5.02 Å². The predicted molar refractivity (Wildman–Crippen MR) is 78.3 cm³/mol. The van der Waals surface area contributed by atoms with Crippen molar-refractivity contribution < 1.29 is 4.74 Å². The number of rotatable bonds is 4. The van der Waals surface area contributed by atoms with Crippen LogP contribution in [0.1, 0.15) is 22.7 Å². The van der Waals surface area contributed by atoms with Crippen molar-refractivity contribution in [2.75, 3.05) is 7.11 Å². The van der Waals surface area contributed by atoms with Crippen LogP contribution >= 0.6 is 11.6 Å². The highest BCUT2D eigenvalue weighted by molar-refractivity contribution is 6.30. The molecular weight excluding hydrogens is 260 g/mol. The number of hydrogen-bond donors (Lipinski definition) is 2. The maximum Gasteiger partial charge on any atom is 0.119 e. The lowest BCUT2D eigenvalue weighted by Gasteiger charge is -2.19. The van der Waals surface area contributed by atoms with Crippen LogP contribution in [0.5, 0.6) is 5.75 Å². The summed E-state index contributed by atoms with van der Waals surface area (Å²) < 4.78 is 5.25. The van der Waals surface area contributed by atoms with Gasteiger partial charge in [0.15, 0.2) is 0 Å². The van der Waals surface area contributed by atoms with Crippen LogP contribution in [-0.2, 0) is 0 Å². The molecule has 0 bridgehead atoms. The molecule has 0 radical (unpaired) electrons.